The average Bonchev–Trinajstić information content (AvgIpc) is 2.62. The Hall–Kier alpha value is -0.960. The molecule has 0 amide bonds. The molecule has 0 N–H and O–H groups in total. The quantitative estimate of drug-likeness (QED) is 0.724. The molecule has 0 radical (unpaired) electrons. The van der Waals surface area contributed by atoms with E-state index in [2.05, 4.69) is 16.6 Å². The molecule has 0 unspecified atom stereocenters. The van der Waals surface area contributed by atoms with E-state index in [0.717, 1.165) is 19.0 Å². The minimum Gasteiger partial charge on any atom is -0.435 e. The smallest absolute Gasteiger partial charge is 0.387 e. The van der Waals surface area contributed by atoms with Crippen LogP contribution in [0.4, 0.5) is 8.78 Å². The third-order valence-electron chi connectivity index (χ3n) is 5.46. The minimum absolute atomic E-state index is 0. The molecule has 0 aromatic heterocycles. The van der Waals surface area contributed by atoms with Crippen LogP contribution in [-0.4, -0.2) is 56.5 Å². The Morgan fingerprint density at radius 2 is 1.56 bits per heavy atom. The molecule has 5 nitrogen and oxygen atoms in total. The largest absolute Gasteiger partial charge is 0.435 e. The summed E-state index contributed by atoms with van der Waals surface area (Å²) in [6, 6.07) is 5.74. The van der Waals surface area contributed by atoms with Crippen LogP contribution >= 0.6 is 12.4 Å². The number of hydrogen-bond acceptors (Lipinski definition) is 4. The van der Waals surface area contributed by atoms with Crippen LogP contribution in [0.1, 0.15) is 32.6 Å². The summed E-state index contributed by atoms with van der Waals surface area (Å²) in [4.78, 5) is 2.52. The van der Waals surface area contributed by atoms with Crippen molar-refractivity contribution in [2.45, 2.75) is 50.2 Å². The summed E-state index contributed by atoms with van der Waals surface area (Å²) in [6.07, 6.45) is 4.88. The van der Waals surface area contributed by atoms with Gasteiger partial charge in [-0.2, -0.15) is 13.1 Å². The second kappa shape index (κ2) is 9.49. The number of piperazine rings is 1. The van der Waals surface area contributed by atoms with Gasteiger partial charge >= 0.3 is 6.61 Å². The van der Waals surface area contributed by atoms with E-state index in [0.29, 0.717) is 19.1 Å². The van der Waals surface area contributed by atoms with Crippen LogP contribution in [0.15, 0.2) is 29.2 Å². The highest BCUT2D eigenvalue weighted by atomic mass is 35.5. The number of hydrogen-bond donors (Lipinski definition) is 0. The van der Waals surface area contributed by atoms with E-state index < -0.39 is 16.6 Å². The van der Waals surface area contributed by atoms with Crippen LogP contribution in [0.3, 0.4) is 0 Å². The first-order chi connectivity index (χ1) is 12.4. The lowest BCUT2D eigenvalue weighted by Gasteiger charge is -2.41. The molecule has 3 rings (SSSR count). The van der Waals surface area contributed by atoms with Crippen molar-refractivity contribution in [2.24, 2.45) is 5.92 Å². The van der Waals surface area contributed by atoms with Crippen LogP contribution in [0.25, 0.3) is 0 Å². The van der Waals surface area contributed by atoms with Gasteiger partial charge in [0.2, 0.25) is 10.0 Å². The number of sulfonamides is 1. The van der Waals surface area contributed by atoms with Gasteiger partial charge < -0.3 is 4.74 Å². The summed E-state index contributed by atoms with van der Waals surface area (Å²) in [5.41, 5.74) is 0. The van der Waals surface area contributed by atoms with Gasteiger partial charge in [-0.3, -0.25) is 4.90 Å². The zero-order chi connectivity index (χ0) is 18.7. The van der Waals surface area contributed by atoms with Crippen LogP contribution < -0.4 is 4.74 Å². The van der Waals surface area contributed by atoms with E-state index in [1.165, 1.54) is 54.3 Å². The molecule has 1 aromatic rings. The van der Waals surface area contributed by atoms with Gasteiger partial charge in [0.05, 0.1) is 4.90 Å². The highest BCUT2D eigenvalue weighted by Gasteiger charge is 2.32. The number of alkyl halides is 2. The van der Waals surface area contributed by atoms with Crippen molar-refractivity contribution >= 4 is 22.4 Å². The predicted molar refractivity (Wildman–Crippen MR) is 102 cm³/mol. The third-order valence-corrected chi connectivity index (χ3v) is 7.37. The number of nitrogens with zero attached hydrogens (tertiary/aromatic N) is 2. The van der Waals surface area contributed by atoms with Crippen LogP contribution in [0, 0.1) is 5.92 Å². The van der Waals surface area contributed by atoms with E-state index in [1.54, 1.807) is 0 Å². The van der Waals surface area contributed by atoms with Gasteiger partial charge in [0.25, 0.3) is 0 Å². The maximum Gasteiger partial charge on any atom is 0.387 e. The van der Waals surface area contributed by atoms with Crippen molar-refractivity contribution in [3.05, 3.63) is 24.3 Å². The zero-order valence-electron chi connectivity index (χ0n) is 15.4. The first-order valence-corrected chi connectivity index (χ1v) is 10.6. The molecule has 0 spiro atoms. The molecular formula is C18H27ClF2N2O3S. The van der Waals surface area contributed by atoms with E-state index >= 15 is 0 Å². The molecule has 1 aliphatic heterocycles. The van der Waals surface area contributed by atoms with E-state index in [9.17, 15) is 17.2 Å². The van der Waals surface area contributed by atoms with Gasteiger partial charge in [-0.25, -0.2) is 8.42 Å². The first-order valence-electron chi connectivity index (χ1n) is 9.15. The molecule has 2 fully saturated rings. The number of ether oxygens (including phenoxy) is 1. The van der Waals surface area contributed by atoms with Crippen molar-refractivity contribution in [2.75, 3.05) is 26.2 Å². The van der Waals surface area contributed by atoms with Gasteiger partial charge in [0.1, 0.15) is 5.75 Å². The third kappa shape index (κ3) is 5.53. The van der Waals surface area contributed by atoms with Crippen LogP contribution in [0.5, 0.6) is 5.75 Å². The van der Waals surface area contributed by atoms with Gasteiger partial charge in [0.15, 0.2) is 0 Å². The standard InChI is InChI=1S/C18H26F2N2O3S.ClH/c1-14-2-4-15(5-3-14)21-10-12-22(13-11-21)26(23,24)17-8-6-16(7-9-17)25-18(19)20;/h6-9,14-15,18H,2-5,10-13H2,1H3;1H. The highest BCUT2D eigenvalue weighted by Crippen LogP contribution is 2.28. The summed E-state index contributed by atoms with van der Waals surface area (Å²) < 4.78 is 55.7. The lowest BCUT2D eigenvalue weighted by Crippen LogP contribution is -2.52. The fraction of sp³-hybridized carbons (Fsp3) is 0.667. The Morgan fingerprint density at radius 1 is 1.00 bits per heavy atom. The van der Waals surface area contributed by atoms with Gasteiger partial charge in [-0.1, -0.05) is 6.92 Å². The first kappa shape index (κ1) is 22.3. The van der Waals surface area contributed by atoms with Gasteiger partial charge in [-0.05, 0) is 55.9 Å². The molecule has 2 aliphatic rings. The molecular weight excluding hydrogens is 398 g/mol. The molecule has 1 aliphatic carbocycles. The Morgan fingerprint density at radius 3 is 2.07 bits per heavy atom. The fourth-order valence-electron chi connectivity index (χ4n) is 3.86. The molecule has 27 heavy (non-hydrogen) atoms. The van der Waals surface area contributed by atoms with Gasteiger partial charge in [-0.15, -0.1) is 12.4 Å². The molecule has 0 atom stereocenters. The average molecular weight is 425 g/mol. The molecule has 1 heterocycles. The SMILES string of the molecule is CC1CCC(N2CCN(S(=O)(=O)c3ccc(OC(F)F)cc3)CC2)CC1.Cl. The normalized spacial score (nSPS) is 25.2. The van der Waals surface area contributed by atoms with Gasteiger partial charge in [0, 0.05) is 32.2 Å². The summed E-state index contributed by atoms with van der Waals surface area (Å²) in [6.45, 7) is 1.77. The Bertz CT molecular complexity index is 687. The monoisotopic (exact) mass is 424 g/mol. The number of halogens is 3. The summed E-state index contributed by atoms with van der Waals surface area (Å²) >= 11 is 0. The fourth-order valence-corrected chi connectivity index (χ4v) is 5.28. The molecule has 0 bridgehead atoms. The van der Waals surface area contributed by atoms with Crippen LogP contribution in [-0.2, 0) is 10.0 Å². The van der Waals surface area contributed by atoms with Crippen molar-refractivity contribution in [3.63, 3.8) is 0 Å². The van der Waals surface area contributed by atoms with Crippen LogP contribution in [0.2, 0.25) is 0 Å². The molecule has 1 aromatic carbocycles. The second-order valence-electron chi connectivity index (χ2n) is 7.20. The number of benzene rings is 1. The maximum atomic E-state index is 12.8. The Balaban J connectivity index is 0.00000261. The van der Waals surface area contributed by atoms with E-state index in [4.69, 9.17) is 0 Å². The van der Waals surface area contributed by atoms with Crippen molar-refractivity contribution in [1.82, 2.24) is 9.21 Å². The lowest BCUT2D eigenvalue weighted by molar-refractivity contribution is -0.0498. The molecule has 154 valence electrons. The molecule has 1 saturated carbocycles. The number of rotatable bonds is 5. The van der Waals surface area contributed by atoms with Crippen molar-refractivity contribution < 1.29 is 21.9 Å². The summed E-state index contributed by atoms with van der Waals surface area (Å²) in [7, 11) is -3.61. The predicted octanol–water partition coefficient (Wildman–Crippen LogP) is 3.59. The Labute approximate surface area is 166 Å². The topological polar surface area (TPSA) is 49.9 Å². The maximum absolute atomic E-state index is 12.8. The zero-order valence-corrected chi connectivity index (χ0v) is 17.0. The minimum atomic E-state index is -3.61. The lowest BCUT2D eigenvalue weighted by atomic mass is 9.86. The Kier molecular flexibility index (Phi) is 7.85. The molecule has 1 saturated heterocycles. The van der Waals surface area contributed by atoms with Crippen molar-refractivity contribution in [3.8, 4) is 5.75 Å². The molecule has 9 heteroatoms. The highest BCUT2D eigenvalue weighted by molar-refractivity contribution is 7.89. The summed E-state index contributed by atoms with van der Waals surface area (Å²) in [5, 5.41) is 0. The second-order valence-corrected chi connectivity index (χ2v) is 9.14. The van der Waals surface area contributed by atoms with E-state index in [-0.39, 0.29) is 23.1 Å². The summed E-state index contributed by atoms with van der Waals surface area (Å²) in [5.74, 6) is 0.750. The van der Waals surface area contributed by atoms with E-state index in [1.807, 2.05) is 0 Å². The van der Waals surface area contributed by atoms with Crippen molar-refractivity contribution in [1.29, 1.82) is 0 Å².